The molecule has 3 rings (SSSR count). The smallest absolute Gasteiger partial charge is 0.235 e. The van der Waals surface area contributed by atoms with Crippen LogP contribution in [0.5, 0.6) is 5.88 Å². The molecule has 1 fully saturated rings. The quantitative estimate of drug-likeness (QED) is 0.931. The van der Waals surface area contributed by atoms with Gasteiger partial charge in [0.05, 0.1) is 30.4 Å². The molecule has 6 heteroatoms. The van der Waals surface area contributed by atoms with Crippen LogP contribution in [0.1, 0.15) is 37.1 Å². The van der Waals surface area contributed by atoms with Gasteiger partial charge in [-0.15, -0.1) is 0 Å². The van der Waals surface area contributed by atoms with Gasteiger partial charge >= 0.3 is 0 Å². The standard InChI is InChI=1S/C15H20N4O2/c1-10-15(21-11-5-3-4-6-11)16-8-13(18-10)12-7-17-19(2)14(12)9-20/h7-8,11,20H,3-6,9H2,1-2H3. The number of hydrogen-bond donors (Lipinski definition) is 1. The van der Waals surface area contributed by atoms with Crippen LogP contribution in [0.3, 0.4) is 0 Å². The molecule has 1 N–H and O–H groups in total. The average molecular weight is 288 g/mol. The fourth-order valence-electron chi connectivity index (χ4n) is 2.74. The molecule has 0 amide bonds. The topological polar surface area (TPSA) is 73.1 Å². The van der Waals surface area contributed by atoms with Gasteiger partial charge in [0, 0.05) is 12.6 Å². The number of nitrogens with zero attached hydrogens (tertiary/aromatic N) is 4. The molecule has 1 aliphatic carbocycles. The zero-order valence-electron chi connectivity index (χ0n) is 12.4. The minimum atomic E-state index is -0.0765. The first kappa shape index (κ1) is 14.0. The molecule has 2 aromatic rings. The Labute approximate surface area is 123 Å². The van der Waals surface area contributed by atoms with E-state index in [0.29, 0.717) is 11.6 Å². The summed E-state index contributed by atoms with van der Waals surface area (Å²) in [6.45, 7) is 1.82. The summed E-state index contributed by atoms with van der Waals surface area (Å²) in [5.74, 6) is 0.611. The number of aryl methyl sites for hydroxylation is 2. The Morgan fingerprint density at radius 3 is 2.76 bits per heavy atom. The van der Waals surface area contributed by atoms with Crippen molar-refractivity contribution in [3.8, 4) is 17.1 Å². The lowest BCUT2D eigenvalue weighted by Crippen LogP contribution is -2.13. The third kappa shape index (κ3) is 2.76. The maximum atomic E-state index is 9.43. The van der Waals surface area contributed by atoms with Crippen LogP contribution >= 0.6 is 0 Å². The van der Waals surface area contributed by atoms with Gasteiger partial charge in [-0.1, -0.05) is 0 Å². The first-order chi connectivity index (χ1) is 10.2. The molecule has 1 aliphatic rings. The predicted octanol–water partition coefficient (Wildman–Crippen LogP) is 2.00. The molecule has 0 bridgehead atoms. The van der Waals surface area contributed by atoms with E-state index in [2.05, 4.69) is 15.1 Å². The van der Waals surface area contributed by atoms with Crippen molar-refractivity contribution >= 4 is 0 Å². The monoisotopic (exact) mass is 288 g/mol. The summed E-state index contributed by atoms with van der Waals surface area (Å²) < 4.78 is 7.56. The van der Waals surface area contributed by atoms with Gasteiger partial charge in [0.15, 0.2) is 0 Å². The Kier molecular flexibility index (Phi) is 3.88. The van der Waals surface area contributed by atoms with Crippen LogP contribution in [-0.4, -0.2) is 31.0 Å². The molecule has 21 heavy (non-hydrogen) atoms. The van der Waals surface area contributed by atoms with Gasteiger partial charge in [0.25, 0.3) is 0 Å². The van der Waals surface area contributed by atoms with Crippen LogP contribution < -0.4 is 4.74 Å². The Hall–Kier alpha value is -1.95. The van der Waals surface area contributed by atoms with Gasteiger partial charge in [-0.25, -0.2) is 9.97 Å². The molecule has 6 nitrogen and oxygen atoms in total. The van der Waals surface area contributed by atoms with Gasteiger partial charge in [0.1, 0.15) is 11.8 Å². The normalized spacial score (nSPS) is 15.6. The van der Waals surface area contributed by atoms with Crippen molar-refractivity contribution < 1.29 is 9.84 Å². The van der Waals surface area contributed by atoms with Crippen LogP contribution in [0.25, 0.3) is 11.3 Å². The maximum absolute atomic E-state index is 9.43. The van der Waals surface area contributed by atoms with Crippen molar-refractivity contribution in [1.82, 2.24) is 19.7 Å². The van der Waals surface area contributed by atoms with E-state index < -0.39 is 0 Å². The SMILES string of the molecule is Cc1nc(-c2cnn(C)c2CO)cnc1OC1CCCC1. The fraction of sp³-hybridized carbons (Fsp3) is 0.533. The number of ether oxygens (including phenoxy) is 1. The van der Waals surface area contributed by atoms with E-state index >= 15 is 0 Å². The fourth-order valence-corrected chi connectivity index (χ4v) is 2.74. The lowest BCUT2D eigenvalue weighted by atomic mass is 10.2. The molecule has 0 aromatic carbocycles. The van der Waals surface area contributed by atoms with E-state index in [0.717, 1.165) is 29.8 Å². The summed E-state index contributed by atoms with van der Waals surface area (Å²) in [5.41, 5.74) is 3.02. The Bertz CT molecular complexity index is 633. The minimum Gasteiger partial charge on any atom is -0.473 e. The average Bonchev–Trinajstić information content (AvgIpc) is 3.10. The molecule has 0 spiro atoms. The molecule has 0 saturated heterocycles. The second-order valence-electron chi connectivity index (χ2n) is 5.46. The first-order valence-electron chi connectivity index (χ1n) is 7.31. The Morgan fingerprint density at radius 2 is 2.10 bits per heavy atom. The summed E-state index contributed by atoms with van der Waals surface area (Å²) in [6, 6.07) is 0. The van der Waals surface area contributed by atoms with Gasteiger partial charge in [-0.05, 0) is 32.6 Å². The van der Waals surface area contributed by atoms with Gasteiger partial charge < -0.3 is 9.84 Å². The lowest BCUT2D eigenvalue weighted by molar-refractivity contribution is 0.199. The van der Waals surface area contributed by atoms with E-state index in [-0.39, 0.29) is 12.7 Å². The van der Waals surface area contributed by atoms with E-state index in [9.17, 15) is 5.11 Å². The molecule has 0 unspecified atom stereocenters. The minimum absolute atomic E-state index is 0.0765. The van der Waals surface area contributed by atoms with Crippen LogP contribution in [0.4, 0.5) is 0 Å². The highest BCUT2D eigenvalue weighted by Crippen LogP contribution is 2.27. The van der Waals surface area contributed by atoms with Gasteiger partial charge in [-0.3, -0.25) is 4.68 Å². The van der Waals surface area contributed by atoms with E-state index in [4.69, 9.17) is 4.74 Å². The second-order valence-corrected chi connectivity index (χ2v) is 5.46. The summed E-state index contributed by atoms with van der Waals surface area (Å²) >= 11 is 0. The molecule has 2 aromatic heterocycles. The van der Waals surface area contributed by atoms with Gasteiger partial charge in [-0.2, -0.15) is 5.10 Å². The van der Waals surface area contributed by atoms with Gasteiger partial charge in [0.2, 0.25) is 5.88 Å². The molecule has 0 radical (unpaired) electrons. The highest BCUT2D eigenvalue weighted by Gasteiger charge is 2.19. The number of hydrogen-bond acceptors (Lipinski definition) is 5. The van der Waals surface area contributed by atoms with E-state index in [1.807, 2.05) is 6.92 Å². The van der Waals surface area contributed by atoms with E-state index in [1.165, 1.54) is 12.8 Å². The summed E-state index contributed by atoms with van der Waals surface area (Å²) in [5, 5.41) is 13.6. The molecule has 2 heterocycles. The van der Waals surface area contributed by atoms with Crippen molar-refractivity contribution in [3.05, 3.63) is 23.8 Å². The molecule has 0 aliphatic heterocycles. The van der Waals surface area contributed by atoms with Crippen molar-refractivity contribution in [2.45, 2.75) is 45.3 Å². The first-order valence-corrected chi connectivity index (χ1v) is 7.31. The van der Waals surface area contributed by atoms with Crippen molar-refractivity contribution in [2.24, 2.45) is 7.05 Å². The summed E-state index contributed by atoms with van der Waals surface area (Å²) in [7, 11) is 1.80. The summed E-state index contributed by atoms with van der Waals surface area (Å²) in [6.07, 6.45) is 8.31. The summed E-state index contributed by atoms with van der Waals surface area (Å²) in [4.78, 5) is 8.95. The third-order valence-corrected chi connectivity index (χ3v) is 3.97. The largest absolute Gasteiger partial charge is 0.473 e. The lowest BCUT2D eigenvalue weighted by Gasteiger charge is -2.14. The Morgan fingerprint density at radius 1 is 1.33 bits per heavy atom. The predicted molar refractivity (Wildman–Crippen MR) is 77.8 cm³/mol. The highest BCUT2D eigenvalue weighted by atomic mass is 16.5. The number of aromatic nitrogens is 4. The maximum Gasteiger partial charge on any atom is 0.235 e. The van der Waals surface area contributed by atoms with Crippen LogP contribution in [0.15, 0.2) is 12.4 Å². The van der Waals surface area contributed by atoms with Crippen molar-refractivity contribution in [3.63, 3.8) is 0 Å². The van der Waals surface area contributed by atoms with E-state index in [1.54, 1.807) is 24.1 Å². The number of aliphatic hydroxyl groups is 1. The Balaban J connectivity index is 1.86. The number of rotatable bonds is 4. The third-order valence-electron chi connectivity index (χ3n) is 3.97. The van der Waals surface area contributed by atoms with Crippen LogP contribution in [0.2, 0.25) is 0 Å². The second kappa shape index (κ2) is 5.81. The molecular formula is C15H20N4O2. The van der Waals surface area contributed by atoms with Crippen molar-refractivity contribution in [2.75, 3.05) is 0 Å². The van der Waals surface area contributed by atoms with Crippen LogP contribution in [0, 0.1) is 6.92 Å². The molecular weight excluding hydrogens is 268 g/mol. The highest BCUT2D eigenvalue weighted by molar-refractivity contribution is 5.60. The molecule has 1 saturated carbocycles. The molecule has 112 valence electrons. The number of aliphatic hydroxyl groups excluding tert-OH is 1. The zero-order valence-corrected chi connectivity index (χ0v) is 12.4. The van der Waals surface area contributed by atoms with Crippen LogP contribution in [-0.2, 0) is 13.7 Å². The molecule has 0 atom stereocenters. The zero-order chi connectivity index (χ0) is 14.8. The van der Waals surface area contributed by atoms with Crippen molar-refractivity contribution in [1.29, 1.82) is 0 Å².